The molecule has 2 aromatic carbocycles. The van der Waals surface area contributed by atoms with Crippen molar-refractivity contribution in [2.75, 3.05) is 0 Å². The summed E-state index contributed by atoms with van der Waals surface area (Å²) in [5.74, 6) is -0.0945. The van der Waals surface area contributed by atoms with Crippen molar-refractivity contribution < 1.29 is 14.5 Å². The summed E-state index contributed by atoms with van der Waals surface area (Å²) in [5, 5.41) is 10.7. The summed E-state index contributed by atoms with van der Waals surface area (Å²) in [6.07, 6.45) is 0. The zero-order chi connectivity index (χ0) is 14.7. The molecule has 0 fully saturated rings. The number of carbonyl (C=O) groups excluding carboxylic acids is 1. The van der Waals surface area contributed by atoms with Gasteiger partial charge >= 0.3 is 5.97 Å². The molecule has 0 N–H and O–H groups in total. The third kappa shape index (κ3) is 3.32. The number of ether oxygens (including phenoxy) is 1. The smallest absolute Gasteiger partial charge is 0.343 e. The fourth-order valence-corrected chi connectivity index (χ4v) is 2.20. The lowest BCUT2D eigenvalue weighted by Crippen LogP contribution is -2.09. The molecule has 0 bridgehead atoms. The number of nitro groups is 1. The van der Waals surface area contributed by atoms with Crippen LogP contribution in [0.15, 0.2) is 42.5 Å². The van der Waals surface area contributed by atoms with Crippen LogP contribution < -0.4 is 4.74 Å². The van der Waals surface area contributed by atoms with Gasteiger partial charge in [-0.1, -0.05) is 6.07 Å². The van der Waals surface area contributed by atoms with Crippen LogP contribution in [0.4, 0.5) is 5.69 Å². The largest absolute Gasteiger partial charge is 0.423 e. The molecule has 0 spiro atoms. The quantitative estimate of drug-likeness (QED) is 0.266. The van der Waals surface area contributed by atoms with Crippen LogP contribution in [0.5, 0.6) is 5.75 Å². The fraction of sp³-hybridized carbons (Fsp3) is 0.0714. The van der Waals surface area contributed by atoms with Crippen LogP contribution in [0.2, 0.25) is 0 Å². The Bertz CT molecular complexity index is 685. The van der Waals surface area contributed by atoms with Crippen molar-refractivity contribution in [2.45, 2.75) is 6.92 Å². The Morgan fingerprint density at radius 2 is 2.00 bits per heavy atom. The first-order valence-electron chi connectivity index (χ1n) is 5.70. The minimum atomic E-state index is -0.537. The van der Waals surface area contributed by atoms with Gasteiger partial charge in [-0.25, -0.2) is 4.79 Å². The predicted molar refractivity (Wildman–Crippen MR) is 82.0 cm³/mol. The number of nitro benzene ring substituents is 1. The Labute approximate surface area is 128 Å². The molecule has 0 aromatic heterocycles. The maximum atomic E-state index is 12.0. The molecule has 0 unspecified atom stereocenters. The van der Waals surface area contributed by atoms with Crippen LogP contribution in [0.3, 0.4) is 0 Å². The Balaban J connectivity index is 2.22. The summed E-state index contributed by atoms with van der Waals surface area (Å²) < 4.78 is 6.17. The van der Waals surface area contributed by atoms with E-state index in [9.17, 15) is 14.9 Å². The molecule has 6 heteroatoms. The van der Waals surface area contributed by atoms with E-state index < -0.39 is 10.9 Å². The Morgan fingerprint density at radius 1 is 1.25 bits per heavy atom. The maximum absolute atomic E-state index is 12.0. The first kappa shape index (κ1) is 14.4. The van der Waals surface area contributed by atoms with Gasteiger partial charge in [-0.3, -0.25) is 10.1 Å². The maximum Gasteiger partial charge on any atom is 0.343 e. The van der Waals surface area contributed by atoms with Gasteiger partial charge in [-0.15, -0.1) is 0 Å². The van der Waals surface area contributed by atoms with Gasteiger partial charge in [0.05, 0.1) is 10.5 Å². The number of hydrogen-bond donors (Lipinski definition) is 0. The number of nitrogens with zero attached hydrogens (tertiary/aromatic N) is 1. The molecule has 0 aliphatic rings. The van der Waals surface area contributed by atoms with Crippen molar-refractivity contribution in [1.82, 2.24) is 0 Å². The summed E-state index contributed by atoms with van der Waals surface area (Å²) in [7, 11) is 0. The second-order valence-electron chi connectivity index (χ2n) is 4.11. The number of rotatable bonds is 3. The molecule has 102 valence electrons. The molecule has 5 nitrogen and oxygen atoms in total. The minimum absolute atomic E-state index is 0.0178. The molecule has 0 aliphatic heterocycles. The van der Waals surface area contributed by atoms with Gasteiger partial charge in [0.25, 0.3) is 5.69 Å². The summed E-state index contributed by atoms with van der Waals surface area (Å²) >= 11 is 2.12. The first-order chi connectivity index (χ1) is 9.47. The molecule has 0 saturated heterocycles. The predicted octanol–water partition coefficient (Wildman–Crippen LogP) is 3.73. The van der Waals surface area contributed by atoms with Crippen LogP contribution in [0, 0.1) is 20.6 Å². The summed E-state index contributed by atoms with van der Waals surface area (Å²) in [4.78, 5) is 22.2. The lowest BCUT2D eigenvalue weighted by molar-refractivity contribution is -0.385. The van der Waals surface area contributed by atoms with E-state index in [1.54, 1.807) is 25.1 Å². The van der Waals surface area contributed by atoms with Crippen LogP contribution >= 0.6 is 22.6 Å². The van der Waals surface area contributed by atoms with E-state index in [1.807, 2.05) is 6.07 Å². The molecular formula is C14H10INO4. The second-order valence-corrected chi connectivity index (χ2v) is 5.35. The fourth-order valence-electron chi connectivity index (χ4n) is 1.68. The van der Waals surface area contributed by atoms with E-state index in [1.165, 1.54) is 18.2 Å². The van der Waals surface area contributed by atoms with Crippen LogP contribution in [-0.4, -0.2) is 10.9 Å². The number of halogens is 1. The van der Waals surface area contributed by atoms with Gasteiger partial charge in [0, 0.05) is 15.2 Å². The minimum Gasteiger partial charge on any atom is -0.423 e. The van der Waals surface area contributed by atoms with E-state index in [0.29, 0.717) is 11.3 Å². The third-order valence-electron chi connectivity index (χ3n) is 2.64. The molecule has 2 aromatic rings. The Hall–Kier alpha value is -1.96. The molecule has 2 rings (SSSR count). The molecule has 0 saturated carbocycles. The van der Waals surface area contributed by atoms with E-state index in [4.69, 9.17) is 4.74 Å². The summed E-state index contributed by atoms with van der Waals surface area (Å²) in [6, 6.07) is 11.2. The van der Waals surface area contributed by atoms with E-state index in [-0.39, 0.29) is 11.3 Å². The van der Waals surface area contributed by atoms with Crippen molar-refractivity contribution in [3.05, 3.63) is 67.3 Å². The first-order valence-corrected chi connectivity index (χ1v) is 6.78. The van der Waals surface area contributed by atoms with Gasteiger partial charge in [-0.2, -0.15) is 0 Å². The average molecular weight is 383 g/mol. The highest BCUT2D eigenvalue weighted by molar-refractivity contribution is 14.1. The molecule has 0 heterocycles. The van der Waals surface area contributed by atoms with Gasteiger partial charge in [-0.05, 0) is 59.8 Å². The highest BCUT2D eigenvalue weighted by Crippen LogP contribution is 2.21. The molecule has 0 aliphatic carbocycles. The lowest BCUT2D eigenvalue weighted by atomic mass is 10.1. The SMILES string of the molecule is Cc1cc(C(=O)Oc2cccc(I)c2)ccc1[N+](=O)[O-]. The van der Waals surface area contributed by atoms with Gasteiger partial charge < -0.3 is 4.74 Å². The standard InChI is InChI=1S/C14H10INO4/c1-9-7-10(5-6-13(9)16(18)19)14(17)20-12-4-2-3-11(15)8-12/h2-8H,1H3. The van der Waals surface area contributed by atoms with Gasteiger partial charge in [0.15, 0.2) is 0 Å². The number of hydrogen-bond acceptors (Lipinski definition) is 4. The molecule has 20 heavy (non-hydrogen) atoms. The van der Waals surface area contributed by atoms with Crippen LogP contribution in [0.1, 0.15) is 15.9 Å². The summed E-state index contributed by atoms with van der Waals surface area (Å²) in [5.41, 5.74) is 0.690. The normalized spacial score (nSPS) is 10.1. The monoisotopic (exact) mass is 383 g/mol. The molecule has 0 amide bonds. The Morgan fingerprint density at radius 3 is 2.60 bits per heavy atom. The average Bonchev–Trinajstić information content (AvgIpc) is 2.38. The van der Waals surface area contributed by atoms with Crippen LogP contribution in [0.25, 0.3) is 0 Å². The van der Waals surface area contributed by atoms with Crippen molar-refractivity contribution >= 4 is 34.2 Å². The van der Waals surface area contributed by atoms with E-state index in [0.717, 1.165) is 3.57 Å². The van der Waals surface area contributed by atoms with Gasteiger partial charge in [0.2, 0.25) is 0 Å². The van der Waals surface area contributed by atoms with E-state index >= 15 is 0 Å². The number of benzene rings is 2. The van der Waals surface area contributed by atoms with Crippen molar-refractivity contribution in [3.63, 3.8) is 0 Å². The second kappa shape index (κ2) is 6.00. The highest BCUT2D eigenvalue weighted by atomic mass is 127. The van der Waals surface area contributed by atoms with E-state index in [2.05, 4.69) is 22.6 Å². The molecule has 0 atom stereocenters. The molecular weight excluding hydrogens is 373 g/mol. The lowest BCUT2D eigenvalue weighted by Gasteiger charge is -2.05. The van der Waals surface area contributed by atoms with Crippen molar-refractivity contribution in [3.8, 4) is 5.75 Å². The highest BCUT2D eigenvalue weighted by Gasteiger charge is 2.15. The molecule has 0 radical (unpaired) electrons. The zero-order valence-corrected chi connectivity index (χ0v) is 12.7. The zero-order valence-electron chi connectivity index (χ0n) is 10.5. The number of aryl methyl sites for hydroxylation is 1. The van der Waals surface area contributed by atoms with Crippen molar-refractivity contribution in [2.24, 2.45) is 0 Å². The van der Waals surface area contributed by atoms with Crippen molar-refractivity contribution in [1.29, 1.82) is 0 Å². The Kier molecular flexibility index (Phi) is 4.33. The third-order valence-corrected chi connectivity index (χ3v) is 3.31. The van der Waals surface area contributed by atoms with Gasteiger partial charge in [0.1, 0.15) is 5.75 Å². The summed E-state index contributed by atoms with van der Waals surface area (Å²) in [6.45, 7) is 1.58. The van der Waals surface area contributed by atoms with Crippen LogP contribution in [-0.2, 0) is 0 Å². The number of esters is 1. The topological polar surface area (TPSA) is 69.4 Å². The number of carbonyl (C=O) groups is 1.